The molecule has 1 aliphatic rings. The van der Waals surface area contributed by atoms with E-state index >= 15 is 0 Å². The Labute approximate surface area is 163 Å². The van der Waals surface area contributed by atoms with Crippen molar-refractivity contribution in [2.45, 2.75) is 19.5 Å². The van der Waals surface area contributed by atoms with E-state index in [4.69, 9.17) is 10.5 Å². The third kappa shape index (κ3) is 5.32. The van der Waals surface area contributed by atoms with Crippen molar-refractivity contribution in [3.63, 3.8) is 0 Å². The lowest BCUT2D eigenvalue weighted by Crippen LogP contribution is -2.32. The molecule has 2 aromatic heterocycles. The number of rotatable bonds is 6. The highest BCUT2D eigenvalue weighted by Gasteiger charge is 2.34. The lowest BCUT2D eigenvalue weighted by Gasteiger charge is -2.17. The van der Waals surface area contributed by atoms with Crippen LogP contribution in [0, 0.1) is 12.8 Å². The zero-order valence-electron chi connectivity index (χ0n) is 15.1. The number of hydrogen-bond donors (Lipinski definition) is 2. The fourth-order valence-corrected chi connectivity index (χ4v) is 3.70. The van der Waals surface area contributed by atoms with E-state index in [1.165, 1.54) is 11.1 Å². The minimum Gasteiger partial charge on any atom is -0.477 e. The van der Waals surface area contributed by atoms with Gasteiger partial charge in [-0.25, -0.2) is 4.98 Å². The molecular formula is C17H20F3N5O2S. The van der Waals surface area contributed by atoms with Gasteiger partial charge in [-0.05, 0) is 37.5 Å². The average molecular weight is 415 g/mol. The van der Waals surface area contributed by atoms with Crippen LogP contribution < -0.4 is 15.8 Å². The first-order valence-electron chi connectivity index (χ1n) is 8.62. The number of nitrogens with one attached hydrogen (secondary N) is 1. The number of aryl methyl sites for hydroxylation is 1. The maximum absolute atomic E-state index is 12.4. The van der Waals surface area contributed by atoms with E-state index in [2.05, 4.69) is 14.7 Å². The van der Waals surface area contributed by atoms with E-state index in [0.717, 1.165) is 11.5 Å². The molecule has 0 radical (unpaired) electrons. The number of anilines is 2. The van der Waals surface area contributed by atoms with Crippen LogP contribution in [0.2, 0.25) is 0 Å². The van der Waals surface area contributed by atoms with Crippen molar-refractivity contribution in [3.05, 3.63) is 29.6 Å². The molecule has 1 fully saturated rings. The predicted octanol–water partition coefficient (Wildman–Crippen LogP) is 2.94. The van der Waals surface area contributed by atoms with E-state index in [9.17, 15) is 18.0 Å². The zero-order valence-corrected chi connectivity index (χ0v) is 15.9. The second-order valence-corrected chi connectivity index (χ2v) is 7.47. The molecule has 3 N–H and O–H groups in total. The Bertz CT molecular complexity index is 806. The van der Waals surface area contributed by atoms with Gasteiger partial charge in [0.05, 0.1) is 36.3 Å². The molecule has 1 atom stereocenters. The van der Waals surface area contributed by atoms with Gasteiger partial charge in [-0.2, -0.15) is 17.5 Å². The maximum atomic E-state index is 12.4. The molecule has 28 heavy (non-hydrogen) atoms. The maximum Gasteiger partial charge on any atom is 0.401 e. The number of pyridine rings is 1. The number of ether oxygens (including phenoxy) is 1. The second kappa shape index (κ2) is 8.31. The fraction of sp³-hybridized carbons (Fsp3) is 0.471. The first-order valence-corrected chi connectivity index (χ1v) is 9.39. The van der Waals surface area contributed by atoms with Gasteiger partial charge in [-0.3, -0.25) is 9.69 Å². The van der Waals surface area contributed by atoms with Gasteiger partial charge < -0.3 is 15.8 Å². The van der Waals surface area contributed by atoms with Crippen LogP contribution in [0.5, 0.6) is 5.88 Å². The number of aromatic nitrogens is 2. The Morgan fingerprint density at radius 1 is 1.46 bits per heavy atom. The van der Waals surface area contributed by atoms with Crippen LogP contribution in [0.25, 0.3) is 0 Å². The summed E-state index contributed by atoms with van der Waals surface area (Å²) in [6.07, 6.45) is -2.08. The Morgan fingerprint density at radius 2 is 2.25 bits per heavy atom. The molecule has 1 amide bonds. The summed E-state index contributed by atoms with van der Waals surface area (Å²) in [6, 6.07) is 3.23. The van der Waals surface area contributed by atoms with Crippen LogP contribution in [-0.2, 0) is 0 Å². The van der Waals surface area contributed by atoms with E-state index in [1.807, 2.05) is 0 Å². The molecule has 0 bridgehead atoms. The minimum atomic E-state index is -4.18. The molecule has 152 valence electrons. The molecule has 3 rings (SSSR count). The molecule has 2 aromatic rings. The Kier molecular flexibility index (Phi) is 6.04. The third-order valence-electron chi connectivity index (χ3n) is 4.35. The number of likely N-dealkylation sites (tertiary alicyclic amines) is 1. The summed E-state index contributed by atoms with van der Waals surface area (Å²) in [5.74, 6) is 0.00988. The molecule has 0 unspecified atom stereocenters. The summed E-state index contributed by atoms with van der Waals surface area (Å²) in [7, 11) is 0. The highest BCUT2D eigenvalue weighted by atomic mass is 32.1. The zero-order chi connectivity index (χ0) is 20.3. The van der Waals surface area contributed by atoms with Crippen LogP contribution in [0.4, 0.5) is 23.9 Å². The molecule has 7 nitrogen and oxygen atoms in total. The smallest absolute Gasteiger partial charge is 0.401 e. The molecule has 0 aromatic carbocycles. The standard InChI is InChI=1S/C17H20F3N5O2S/c1-10-14(15(21)28-24-10)16(26)23-12-2-3-13(22-6-12)27-8-11-4-5-25(7-11)9-17(18,19)20/h2-3,6,11H,4-5,7-9,21H2,1H3,(H,23,26)/t11-/m0/s1. The normalized spacial score (nSPS) is 17.6. The number of halogens is 3. The van der Waals surface area contributed by atoms with Crippen molar-refractivity contribution in [3.8, 4) is 5.88 Å². The number of carbonyl (C=O) groups is 1. The van der Waals surface area contributed by atoms with Gasteiger partial charge in [-0.1, -0.05) is 0 Å². The molecule has 1 aliphatic heterocycles. The first kappa shape index (κ1) is 20.3. The van der Waals surface area contributed by atoms with Crippen molar-refractivity contribution in [2.75, 3.05) is 37.3 Å². The number of nitrogens with two attached hydrogens (primary N) is 1. The monoisotopic (exact) mass is 415 g/mol. The topological polar surface area (TPSA) is 93.4 Å². The number of nitrogen functional groups attached to an aromatic ring is 1. The van der Waals surface area contributed by atoms with E-state index in [1.54, 1.807) is 19.1 Å². The van der Waals surface area contributed by atoms with Gasteiger partial charge in [-0.15, -0.1) is 0 Å². The SMILES string of the molecule is Cc1nsc(N)c1C(=O)Nc1ccc(OC[C@H]2CCN(CC(F)(F)F)C2)nc1. The largest absolute Gasteiger partial charge is 0.477 e. The van der Waals surface area contributed by atoms with Crippen molar-refractivity contribution >= 4 is 28.1 Å². The number of alkyl halides is 3. The Morgan fingerprint density at radius 3 is 2.86 bits per heavy atom. The number of amides is 1. The van der Waals surface area contributed by atoms with Gasteiger partial charge in [0.2, 0.25) is 5.88 Å². The highest BCUT2D eigenvalue weighted by Crippen LogP contribution is 2.24. The summed E-state index contributed by atoms with van der Waals surface area (Å²) >= 11 is 1.06. The molecule has 0 aliphatic carbocycles. The first-order chi connectivity index (χ1) is 13.2. The quantitative estimate of drug-likeness (QED) is 0.754. The highest BCUT2D eigenvalue weighted by molar-refractivity contribution is 7.10. The van der Waals surface area contributed by atoms with Gasteiger partial charge in [0.25, 0.3) is 5.91 Å². The molecule has 0 saturated carbocycles. The molecule has 1 saturated heterocycles. The van der Waals surface area contributed by atoms with E-state index in [-0.39, 0.29) is 11.8 Å². The van der Waals surface area contributed by atoms with Crippen molar-refractivity contribution < 1.29 is 22.7 Å². The number of nitrogens with zero attached hydrogens (tertiary/aromatic N) is 3. The van der Waals surface area contributed by atoms with Crippen molar-refractivity contribution in [1.82, 2.24) is 14.3 Å². The summed E-state index contributed by atoms with van der Waals surface area (Å²) in [5, 5.41) is 3.04. The molecule has 11 heteroatoms. The van der Waals surface area contributed by atoms with Crippen LogP contribution >= 0.6 is 11.5 Å². The van der Waals surface area contributed by atoms with Crippen LogP contribution in [0.1, 0.15) is 22.5 Å². The van der Waals surface area contributed by atoms with Crippen molar-refractivity contribution in [2.24, 2.45) is 5.92 Å². The summed E-state index contributed by atoms with van der Waals surface area (Å²) in [4.78, 5) is 17.8. The van der Waals surface area contributed by atoms with Gasteiger partial charge in [0.15, 0.2) is 0 Å². The number of carbonyl (C=O) groups excluding carboxylic acids is 1. The predicted molar refractivity (Wildman–Crippen MR) is 99.6 cm³/mol. The van der Waals surface area contributed by atoms with Gasteiger partial charge in [0, 0.05) is 18.5 Å². The van der Waals surface area contributed by atoms with Crippen LogP contribution in [0.15, 0.2) is 18.3 Å². The lowest BCUT2D eigenvalue weighted by molar-refractivity contribution is -0.143. The summed E-state index contributed by atoms with van der Waals surface area (Å²) < 4.78 is 46.9. The summed E-state index contributed by atoms with van der Waals surface area (Å²) in [6.45, 7) is 1.87. The van der Waals surface area contributed by atoms with E-state index in [0.29, 0.717) is 53.9 Å². The summed E-state index contributed by atoms with van der Waals surface area (Å²) in [5.41, 5.74) is 7.13. The lowest BCUT2D eigenvalue weighted by atomic mass is 10.1. The second-order valence-electron chi connectivity index (χ2n) is 6.66. The molecule has 0 spiro atoms. The molecular weight excluding hydrogens is 395 g/mol. The fourth-order valence-electron chi connectivity index (χ4n) is 3.05. The Hall–Kier alpha value is -2.40. The Balaban J connectivity index is 1.48. The van der Waals surface area contributed by atoms with Gasteiger partial charge in [0.1, 0.15) is 5.00 Å². The van der Waals surface area contributed by atoms with Crippen LogP contribution in [-0.4, -0.2) is 52.6 Å². The third-order valence-corrected chi connectivity index (χ3v) is 5.12. The van der Waals surface area contributed by atoms with E-state index < -0.39 is 12.7 Å². The van der Waals surface area contributed by atoms with Gasteiger partial charge >= 0.3 is 6.18 Å². The number of hydrogen-bond acceptors (Lipinski definition) is 7. The average Bonchev–Trinajstić information content (AvgIpc) is 3.18. The van der Waals surface area contributed by atoms with Crippen molar-refractivity contribution in [1.29, 1.82) is 0 Å². The van der Waals surface area contributed by atoms with Crippen LogP contribution in [0.3, 0.4) is 0 Å². The minimum absolute atomic E-state index is 0.0283. The molecule has 3 heterocycles.